The minimum Gasteiger partial charge on any atom is -0.354 e. The third kappa shape index (κ3) is 3.57. The van der Waals surface area contributed by atoms with Gasteiger partial charge in [-0.2, -0.15) is 0 Å². The molecule has 98 valence electrons. The summed E-state index contributed by atoms with van der Waals surface area (Å²) in [6.45, 7) is 0.722. The Morgan fingerprint density at radius 1 is 1.35 bits per heavy atom. The van der Waals surface area contributed by atoms with Gasteiger partial charge >= 0.3 is 0 Å². The molecule has 3 atom stereocenters. The van der Waals surface area contributed by atoms with Crippen LogP contribution < -0.4 is 16.4 Å². The maximum atomic E-state index is 11.9. The Morgan fingerprint density at radius 3 is 2.71 bits per heavy atom. The summed E-state index contributed by atoms with van der Waals surface area (Å²) >= 11 is 0. The summed E-state index contributed by atoms with van der Waals surface area (Å²) in [5.74, 6) is -0.0541. The van der Waals surface area contributed by atoms with E-state index in [9.17, 15) is 9.59 Å². The van der Waals surface area contributed by atoms with Crippen molar-refractivity contribution >= 4 is 24.2 Å². The van der Waals surface area contributed by atoms with E-state index in [4.69, 9.17) is 5.73 Å². The van der Waals surface area contributed by atoms with Gasteiger partial charge in [0.05, 0.1) is 0 Å². The van der Waals surface area contributed by atoms with Crippen LogP contribution in [-0.4, -0.2) is 30.4 Å². The minimum absolute atomic E-state index is 0. The molecule has 0 aromatic rings. The van der Waals surface area contributed by atoms with Gasteiger partial charge in [0, 0.05) is 18.5 Å². The standard InChI is InChI=1S/C11H19N3O2.ClH/c12-8-4-3-7(6-8)10(15)14-9-2-1-5-13-11(9)16;/h7-9H,1-6,12H2,(H,13,16)(H,14,15);1H. The summed E-state index contributed by atoms with van der Waals surface area (Å²) in [5, 5.41) is 5.58. The number of carbonyl (C=O) groups excluding carboxylic acids is 2. The lowest BCUT2D eigenvalue weighted by molar-refractivity contribution is -0.132. The van der Waals surface area contributed by atoms with Crippen LogP contribution in [0, 0.1) is 5.92 Å². The van der Waals surface area contributed by atoms with Crippen molar-refractivity contribution in [2.45, 2.75) is 44.2 Å². The third-order valence-corrected chi connectivity index (χ3v) is 3.45. The SMILES string of the molecule is Cl.NC1CCC(C(=O)NC2CCCNC2=O)C1. The molecule has 1 saturated carbocycles. The Labute approximate surface area is 107 Å². The van der Waals surface area contributed by atoms with Gasteiger partial charge in [-0.05, 0) is 32.1 Å². The fourth-order valence-electron chi connectivity index (χ4n) is 2.45. The van der Waals surface area contributed by atoms with Crippen molar-refractivity contribution in [1.29, 1.82) is 0 Å². The Balaban J connectivity index is 0.00000144. The van der Waals surface area contributed by atoms with Gasteiger partial charge in [-0.1, -0.05) is 0 Å². The number of nitrogens with one attached hydrogen (secondary N) is 2. The molecule has 3 unspecified atom stereocenters. The van der Waals surface area contributed by atoms with Gasteiger partial charge < -0.3 is 16.4 Å². The molecule has 0 radical (unpaired) electrons. The lowest BCUT2D eigenvalue weighted by atomic mass is 10.0. The van der Waals surface area contributed by atoms with Gasteiger partial charge in [-0.15, -0.1) is 12.4 Å². The van der Waals surface area contributed by atoms with Crippen molar-refractivity contribution in [3.8, 4) is 0 Å². The Morgan fingerprint density at radius 2 is 2.12 bits per heavy atom. The lowest BCUT2D eigenvalue weighted by Gasteiger charge is -2.24. The molecule has 0 spiro atoms. The minimum atomic E-state index is -0.335. The van der Waals surface area contributed by atoms with Crippen LogP contribution in [0.2, 0.25) is 0 Å². The van der Waals surface area contributed by atoms with E-state index in [0.717, 1.165) is 38.6 Å². The first kappa shape index (κ1) is 14.3. The average molecular weight is 262 g/mol. The summed E-state index contributed by atoms with van der Waals surface area (Å²) < 4.78 is 0. The van der Waals surface area contributed by atoms with Crippen LogP contribution in [0.3, 0.4) is 0 Å². The monoisotopic (exact) mass is 261 g/mol. The maximum absolute atomic E-state index is 11.9. The molecule has 17 heavy (non-hydrogen) atoms. The summed E-state index contributed by atoms with van der Waals surface area (Å²) in [6.07, 6.45) is 4.19. The second-order valence-electron chi connectivity index (χ2n) is 4.76. The highest BCUT2D eigenvalue weighted by atomic mass is 35.5. The molecule has 0 aromatic heterocycles. The second kappa shape index (κ2) is 6.21. The molecular formula is C11H20ClN3O2. The van der Waals surface area contributed by atoms with Gasteiger partial charge in [0.2, 0.25) is 11.8 Å². The number of nitrogens with two attached hydrogens (primary N) is 1. The van der Waals surface area contributed by atoms with Gasteiger partial charge in [0.1, 0.15) is 6.04 Å². The molecule has 6 heteroatoms. The fourth-order valence-corrected chi connectivity index (χ4v) is 2.45. The molecular weight excluding hydrogens is 242 g/mol. The molecule has 0 aromatic carbocycles. The molecule has 2 rings (SSSR count). The fraction of sp³-hybridized carbons (Fsp3) is 0.818. The second-order valence-corrected chi connectivity index (χ2v) is 4.76. The van der Waals surface area contributed by atoms with Crippen LogP contribution in [0.25, 0.3) is 0 Å². The molecule has 4 N–H and O–H groups in total. The molecule has 1 heterocycles. The number of amides is 2. The molecule has 1 aliphatic heterocycles. The summed E-state index contributed by atoms with van der Waals surface area (Å²) in [4.78, 5) is 23.3. The maximum Gasteiger partial charge on any atom is 0.242 e. The summed E-state index contributed by atoms with van der Waals surface area (Å²) in [5.41, 5.74) is 5.76. The van der Waals surface area contributed by atoms with Crippen LogP contribution in [0.5, 0.6) is 0 Å². The summed E-state index contributed by atoms with van der Waals surface area (Å²) in [7, 11) is 0. The quantitative estimate of drug-likeness (QED) is 0.651. The predicted molar refractivity (Wildman–Crippen MR) is 66.7 cm³/mol. The number of hydrogen-bond donors (Lipinski definition) is 3. The highest BCUT2D eigenvalue weighted by Crippen LogP contribution is 2.24. The number of piperidine rings is 1. The van der Waals surface area contributed by atoms with Crippen molar-refractivity contribution in [2.75, 3.05) is 6.54 Å². The van der Waals surface area contributed by atoms with E-state index in [-0.39, 0.29) is 42.2 Å². The van der Waals surface area contributed by atoms with E-state index in [1.807, 2.05) is 0 Å². The van der Waals surface area contributed by atoms with Crippen molar-refractivity contribution in [3.63, 3.8) is 0 Å². The van der Waals surface area contributed by atoms with Crippen LogP contribution >= 0.6 is 12.4 Å². The zero-order chi connectivity index (χ0) is 11.5. The Bertz CT molecular complexity index is 298. The van der Waals surface area contributed by atoms with Crippen molar-refractivity contribution in [2.24, 2.45) is 11.7 Å². The van der Waals surface area contributed by atoms with E-state index < -0.39 is 0 Å². The highest BCUT2D eigenvalue weighted by Gasteiger charge is 2.31. The van der Waals surface area contributed by atoms with E-state index in [0.29, 0.717) is 0 Å². The van der Waals surface area contributed by atoms with Crippen LogP contribution in [0.15, 0.2) is 0 Å². The highest BCUT2D eigenvalue weighted by molar-refractivity contribution is 5.89. The van der Waals surface area contributed by atoms with Crippen molar-refractivity contribution in [1.82, 2.24) is 10.6 Å². The van der Waals surface area contributed by atoms with Crippen LogP contribution in [0.4, 0.5) is 0 Å². The van der Waals surface area contributed by atoms with E-state index >= 15 is 0 Å². The van der Waals surface area contributed by atoms with Gasteiger partial charge in [-0.25, -0.2) is 0 Å². The average Bonchev–Trinajstić information content (AvgIpc) is 2.68. The third-order valence-electron chi connectivity index (χ3n) is 3.45. The van der Waals surface area contributed by atoms with Gasteiger partial charge in [-0.3, -0.25) is 9.59 Å². The summed E-state index contributed by atoms with van der Waals surface area (Å²) in [6, 6.07) is -0.186. The van der Waals surface area contributed by atoms with E-state index in [1.165, 1.54) is 0 Å². The first-order valence-corrected chi connectivity index (χ1v) is 6.00. The molecule has 0 bridgehead atoms. The number of rotatable bonds is 2. The van der Waals surface area contributed by atoms with Crippen LogP contribution in [0.1, 0.15) is 32.1 Å². The first-order valence-electron chi connectivity index (χ1n) is 6.00. The van der Waals surface area contributed by atoms with E-state index in [2.05, 4.69) is 10.6 Å². The van der Waals surface area contributed by atoms with Crippen molar-refractivity contribution in [3.05, 3.63) is 0 Å². The molecule has 2 aliphatic rings. The molecule has 1 aliphatic carbocycles. The number of hydrogen-bond acceptors (Lipinski definition) is 3. The number of carbonyl (C=O) groups is 2. The normalized spacial score (nSPS) is 32.5. The zero-order valence-corrected chi connectivity index (χ0v) is 10.6. The van der Waals surface area contributed by atoms with E-state index in [1.54, 1.807) is 0 Å². The predicted octanol–water partition coefficient (Wildman–Crippen LogP) is -0.0696. The smallest absolute Gasteiger partial charge is 0.242 e. The van der Waals surface area contributed by atoms with Gasteiger partial charge in [0.15, 0.2) is 0 Å². The molecule has 5 nitrogen and oxygen atoms in total. The topological polar surface area (TPSA) is 84.2 Å². The molecule has 2 fully saturated rings. The van der Waals surface area contributed by atoms with Gasteiger partial charge in [0.25, 0.3) is 0 Å². The lowest BCUT2D eigenvalue weighted by Crippen LogP contribution is -2.51. The zero-order valence-electron chi connectivity index (χ0n) is 9.78. The first-order chi connectivity index (χ1) is 7.66. The number of halogens is 1. The molecule has 2 amide bonds. The Kier molecular flexibility index (Phi) is 5.21. The van der Waals surface area contributed by atoms with Crippen molar-refractivity contribution < 1.29 is 9.59 Å². The Hall–Kier alpha value is -0.810. The molecule has 1 saturated heterocycles. The largest absolute Gasteiger partial charge is 0.354 e. The van der Waals surface area contributed by atoms with Crippen LogP contribution in [-0.2, 0) is 9.59 Å².